The third-order valence-electron chi connectivity index (χ3n) is 2.81. The largest absolute Gasteiger partial charge is 0.349 e. The van der Waals surface area contributed by atoms with E-state index >= 15 is 0 Å². The number of hydrogen-bond donors (Lipinski definition) is 1. The molecule has 1 aromatic carbocycles. The van der Waals surface area contributed by atoms with Gasteiger partial charge in [-0.1, -0.05) is 12.1 Å². The number of nitro benzene ring substituents is 1. The van der Waals surface area contributed by atoms with Crippen molar-refractivity contribution in [2.45, 2.75) is 19.9 Å². The van der Waals surface area contributed by atoms with Crippen LogP contribution in [0.5, 0.6) is 0 Å². The van der Waals surface area contributed by atoms with Crippen LogP contribution >= 0.6 is 0 Å². The number of carbonyl (C=O) groups is 1. The summed E-state index contributed by atoms with van der Waals surface area (Å²) in [4.78, 5) is 23.3. The molecule has 6 heteroatoms. The van der Waals surface area contributed by atoms with E-state index < -0.39 is 0 Å². The van der Waals surface area contributed by atoms with Crippen molar-refractivity contribution in [1.29, 1.82) is 0 Å². The summed E-state index contributed by atoms with van der Waals surface area (Å²) in [6, 6.07) is 5.15. The minimum atomic E-state index is -0.381. The zero-order chi connectivity index (χ0) is 14.4. The molecule has 0 unspecified atom stereocenters. The second-order valence-corrected chi connectivity index (χ2v) is 4.59. The fourth-order valence-electron chi connectivity index (χ4n) is 1.61. The molecule has 1 rings (SSSR count). The molecule has 0 aliphatic carbocycles. The SMILES string of the molecule is Cc1ccc(CNCCC(=O)N(C)C)cc1[N+](=O)[O-]. The number of aryl methyl sites for hydroxylation is 1. The van der Waals surface area contributed by atoms with E-state index in [1.807, 2.05) is 6.07 Å². The van der Waals surface area contributed by atoms with Gasteiger partial charge in [-0.15, -0.1) is 0 Å². The fourth-order valence-corrected chi connectivity index (χ4v) is 1.61. The number of rotatable bonds is 6. The first-order valence-corrected chi connectivity index (χ1v) is 6.06. The third-order valence-corrected chi connectivity index (χ3v) is 2.81. The Bertz CT molecular complexity index is 472. The van der Waals surface area contributed by atoms with Crippen molar-refractivity contribution >= 4 is 11.6 Å². The highest BCUT2D eigenvalue weighted by molar-refractivity contribution is 5.75. The van der Waals surface area contributed by atoms with Crippen LogP contribution in [-0.2, 0) is 11.3 Å². The molecular formula is C13H19N3O3. The van der Waals surface area contributed by atoms with Gasteiger partial charge in [0.05, 0.1) is 4.92 Å². The highest BCUT2D eigenvalue weighted by Gasteiger charge is 2.10. The number of benzene rings is 1. The van der Waals surface area contributed by atoms with Gasteiger partial charge in [-0.05, 0) is 12.5 Å². The van der Waals surface area contributed by atoms with Gasteiger partial charge in [0.1, 0.15) is 0 Å². The smallest absolute Gasteiger partial charge is 0.272 e. The maximum absolute atomic E-state index is 11.3. The van der Waals surface area contributed by atoms with Crippen molar-refractivity contribution in [3.63, 3.8) is 0 Å². The maximum atomic E-state index is 11.3. The summed E-state index contributed by atoms with van der Waals surface area (Å²) in [5, 5.41) is 13.9. The molecule has 0 aromatic heterocycles. The lowest BCUT2D eigenvalue weighted by atomic mass is 10.1. The molecule has 0 fully saturated rings. The van der Waals surface area contributed by atoms with E-state index in [2.05, 4.69) is 5.32 Å². The normalized spacial score (nSPS) is 10.3. The molecule has 1 aromatic rings. The Labute approximate surface area is 112 Å². The first kappa shape index (κ1) is 15.1. The second-order valence-electron chi connectivity index (χ2n) is 4.59. The van der Waals surface area contributed by atoms with Crippen molar-refractivity contribution in [3.8, 4) is 0 Å². The van der Waals surface area contributed by atoms with Gasteiger partial charge < -0.3 is 10.2 Å². The molecule has 6 nitrogen and oxygen atoms in total. The van der Waals surface area contributed by atoms with Crippen LogP contribution in [0, 0.1) is 17.0 Å². The molecule has 0 heterocycles. The summed E-state index contributed by atoms with van der Waals surface area (Å²) in [5.41, 5.74) is 1.62. The Morgan fingerprint density at radius 2 is 2.11 bits per heavy atom. The summed E-state index contributed by atoms with van der Waals surface area (Å²) >= 11 is 0. The Hall–Kier alpha value is -1.95. The molecule has 0 aliphatic heterocycles. The van der Waals surface area contributed by atoms with Gasteiger partial charge in [-0.25, -0.2) is 0 Å². The van der Waals surface area contributed by atoms with Crippen LogP contribution < -0.4 is 5.32 Å². The van der Waals surface area contributed by atoms with Gasteiger partial charge in [0.2, 0.25) is 5.91 Å². The van der Waals surface area contributed by atoms with E-state index in [1.165, 1.54) is 0 Å². The lowest BCUT2D eigenvalue weighted by Gasteiger charge is -2.10. The highest BCUT2D eigenvalue weighted by atomic mass is 16.6. The average molecular weight is 265 g/mol. The summed E-state index contributed by atoms with van der Waals surface area (Å²) in [5.74, 6) is 0.0578. The molecule has 0 saturated heterocycles. The Balaban J connectivity index is 2.48. The van der Waals surface area contributed by atoms with Crippen LogP contribution in [0.15, 0.2) is 18.2 Å². The van der Waals surface area contributed by atoms with Gasteiger partial charge in [0.15, 0.2) is 0 Å². The lowest BCUT2D eigenvalue weighted by Crippen LogP contribution is -2.26. The van der Waals surface area contributed by atoms with Crippen molar-refractivity contribution in [1.82, 2.24) is 10.2 Å². The van der Waals surface area contributed by atoms with E-state index in [9.17, 15) is 14.9 Å². The lowest BCUT2D eigenvalue weighted by molar-refractivity contribution is -0.385. The minimum Gasteiger partial charge on any atom is -0.349 e. The summed E-state index contributed by atoms with van der Waals surface area (Å²) in [6.07, 6.45) is 0.418. The summed E-state index contributed by atoms with van der Waals surface area (Å²) in [7, 11) is 3.43. The quantitative estimate of drug-likeness (QED) is 0.480. The van der Waals surface area contributed by atoms with Crippen LogP contribution in [-0.4, -0.2) is 36.4 Å². The third kappa shape index (κ3) is 4.67. The molecule has 0 saturated carbocycles. The first-order valence-electron chi connectivity index (χ1n) is 6.06. The second kappa shape index (κ2) is 6.84. The fraction of sp³-hybridized carbons (Fsp3) is 0.462. The van der Waals surface area contributed by atoms with Crippen molar-refractivity contribution < 1.29 is 9.72 Å². The van der Waals surface area contributed by atoms with Crippen LogP contribution in [0.4, 0.5) is 5.69 Å². The van der Waals surface area contributed by atoms with E-state index in [-0.39, 0.29) is 16.5 Å². The molecule has 0 aliphatic rings. The van der Waals surface area contributed by atoms with Crippen LogP contribution in [0.3, 0.4) is 0 Å². The average Bonchev–Trinajstić information content (AvgIpc) is 2.35. The van der Waals surface area contributed by atoms with Gasteiger partial charge in [-0.3, -0.25) is 14.9 Å². The number of hydrogen-bond acceptors (Lipinski definition) is 4. The van der Waals surface area contributed by atoms with Gasteiger partial charge >= 0.3 is 0 Å². The summed E-state index contributed by atoms with van der Waals surface area (Å²) < 4.78 is 0. The van der Waals surface area contributed by atoms with Crippen LogP contribution in [0.2, 0.25) is 0 Å². The molecule has 0 atom stereocenters. The predicted octanol–water partition coefficient (Wildman–Crippen LogP) is 1.47. The zero-order valence-electron chi connectivity index (χ0n) is 11.5. The molecule has 19 heavy (non-hydrogen) atoms. The van der Waals surface area contributed by atoms with E-state index in [0.29, 0.717) is 25.1 Å². The molecule has 1 amide bonds. The zero-order valence-corrected chi connectivity index (χ0v) is 11.5. The van der Waals surface area contributed by atoms with E-state index in [1.54, 1.807) is 38.1 Å². The van der Waals surface area contributed by atoms with Crippen LogP contribution in [0.25, 0.3) is 0 Å². The Morgan fingerprint density at radius 1 is 1.42 bits per heavy atom. The number of amides is 1. The van der Waals surface area contributed by atoms with Crippen LogP contribution in [0.1, 0.15) is 17.5 Å². The number of carbonyl (C=O) groups excluding carboxylic acids is 1. The van der Waals surface area contributed by atoms with Gasteiger partial charge in [-0.2, -0.15) is 0 Å². The van der Waals surface area contributed by atoms with Crippen molar-refractivity contribution in [2.24, 2.45) is 0 Å². The molecular weight excluding hydrogens is 246 g/mol. The molecule has 0 spiro atoms. The van der Waals surface area contributed by atoms with Crippen molar-refractivity contribution in [3.05, 3.63) is 39.4 Å². The standard InChI is InChI=1S/C13H19N3O3/c1-10-4-5-11(8-12(10)16(18)19)9-14-7-6-13(17)15(2)3/h4-5,8,14H,6-7,9H2,1-3H3. The molecule has 0 radical (unpaired) electrons. The Morgan fingerprint density at radius 3 is 2.68 bits per heavy atom. The van der Waals surface area contributed by atoms with Crippen molar-refractivity contribution in [2.75, 3.05) is 20.6 Å². The van der Waals surface area contributed by atoms with Gasteiger partial charge in [0, 0.05) is 45.2 Å². The van der Waals surface area contributed by atoms with E-state index in [4.69, 9.17) is 0 Å². The Kier molecular flexibility index (Phi) is 5.44. The molecule has 104 valence electrons. The monoisotopic (exact) mass is 265 g/mol. The number of nitrogens with zero attached hydrogens (tertiary/aromatic N) is 2. The topological polar surface area (TPSA) is 75.5 Å². The highest BCUT2D eigenvalue weighted by Crippen LogP contribution is 2.18. The van der Waals surface area contributed by atoms with Gasteiger partial charge in [0.25, 0.3) is 5.69 Å². The van der Waals surface area contributed by atoms with E-state index in [0.717, 1.165) is 5.56 Å². The summed E-state index contributed by atoms with van der Waals surface area (Å²) in [6.45, 7) is 2.78. The maximum Gasteiger partial charge on any atom is 0.272 e. The predicted molar refractivity (Wildman–Crippen MR) is 72.9 cm³/mol. The minimum absolute atomic E-state index is 0.0578. The number of nitrogens with one attached hydrogen (secondary N) is 1. The number of nitro groups is 1. The molecule has 0 bridgehead atoms. The molecule has 1 N–H and O–H groups in total. The first-order chi connectivity index (χ1) is 8.91.